The average Bonchev–Trinajstić information content (AvgIpc) is 3.19. The fourth-order valence-corrected chi connectivity index (χ4v) is 5.93. The first kappa shape index (κ1) is 25.6. The minimum atomic E-state index is -3.15. The zero-order valence-electron chi connectivity index (χ0n) is 19.5. The monoisotopic (exact) mass is 508 g/mol. The minimum absolute atomic E-state index is 0.0882. The fraction of sp³-hybridized carbons (Fsp3) is 0.455. The van der Waals surface area contributed by atoms with E-state index in [9.17, 15) is 28.1 Å². The molecular weight excluding hydrogens is 480 g/mol. The molecule has 3 rings (SSSR count). The van der Waals surface area contributed by atoms with Crippen LogP contribution in [0.15, 0.2) is 30.3 Å². The van der Waals surface area contributed by atoms with E-state index in [0.29, 0.717) is 10.6 Å². The van der Waals surface area contributed by atoms with Gasteiger partial charge in [0.15, 0.2) is 9.84 Å². The summed E-state index contributed by atoms with van der Waals surface area (Å²) in [5.74, 6) is -0.497. The SMILES string of the molecule is CCN(C(=O)Nc1cccc([N+](=O)[O-])c1)c1sc(C(C)(C)C)cc1C(=O)N1CCS(=O)(=O)CC1. The van der Waals surface area contributed by atoms with Crippen molar-refractivity contribution in [1.29, 1.82) is 0 Å². The summed E-state index contributed by atoms with van der Waals surface area (Å²) >= 11 is 1.33. The summed E-state index contributed by atoms with van der Waals surface area (Å²) in [6.45, 7) is 8.24. The quantitative estimate of drug-likeness (QED) is 0.482. The van der Waals surface area contributed by atoms with Crippen LogP contribution >= 0.6 is 11.3 Å². The van der Waals surface area contributed by atoms with Crippen LogP contribution < -0.4 is 10.2 Å². The second-order valence-electron chi connectivity index (χ2n) is 9.01. The molecule has 184 valence electrons. The minimum Gasteiger partial charge on any atom is -0.337 e. The molecule has 0 atom stereocenters. The summed E-state index contributed by atoms with van der Waals surface area (Å²) in [6.07, 6.45) is 0. The van der Waals surface area contributed by atoms with E-state index < -0.39 is 20.8 Å². The third kappa shape index (κ3) is 5.73. The summed E-state index contributed by atoms with van der Waals surface area (Å²) in [4.78, 5) is 40.9. The average molecular weight is 509 g/mol. The zero-order chi connectivity index (χ0) is 25.3. The summed E-state index contributed by atoms with van der Waals surface area (Å²) in [6, 6.07) is 6.87. The molecule has 0 radical (unpaired) electrons. The van der Waals surface area contributed by atoms with E-state index in [2.05, 4.69) is 5.32 Å². The predicted molar refractivity (Wildman–Crippen MR) is 133 cm³/mol. The third-order valence-electron chi connectivity index (χ3n) is 5.43. The van der Waals surface area contributed by atoms with E-state index in [1.54, 1.807) is 19.1 Å². The van der Waals surface area contributed by atoms with Gasteiger partial charge in [0.2, 0.25) is 0 Å². The topological polar surface area (TPSA) is 130 Å². The number of benzene rings is 1. The van der Waals surface area contributed by atoms with Gasteiger partial charge in [-0.15, -0.1) is 11.3 Å². The van der Waals surface area contributed by atoms with Crippen LogP contribution in [0.2, 0.25) is 0 Å². The lowest BCUT2D eigenvalue weighted by atomic mass is 9.94. The summed E-state index contributed by atoms with van der Waals surface area (Å²) in [5, 5.41) is 14.2. The molecule has 34 heavy (non-hydrogen) atoms. The summed E-state index contributed by atoms with van der Waals surface area (Å²) in [7, 11) is -3.15. The number of nitro groups is 1. The van der Waals surface area contributed by atoms with Gasteiger partial charge in [0.1, 0.15) is 5.00 Å². The molecule has 0 bridgehead atoms. The first-order valence-corrected chi connectivity index (χ1v) is 13.4. The van der Waals surface area contributed by atoms with Crippen molar-refractivity contribution in [1.82, 2.24) is 4.90 Å². The van der Waals surface area contributed by atoms with E-state index in [1.165, 1.54) is 39.3 Å². The number of urea groups is 1. The lowest BCUT2D eigenvalue weighted by Crippen LogP contribution is -2.44. The number of hydrogen-bond donors (Lipinski definition) is 1. The molecule has 0 spiro atoms. The van der Waals surface area contributed by atoms with Crippen molar-refractivity contribution in [3.05, 3.63) is 50.9 Å². The van der Waals surface area contributed by atoms with Gasteiger partial charge in [0.25, 0.3) is 11.6 Å². The fourth-order valence-electron chi connectivity index (χ4n) is 3.46. The number of anilines is 2. The molecule has 12 heteroatoms. The molecular formula is C22H28N4O6S2. The standard InChI is InChI=1S/C22H28N4O6S2/c1-5-25(21(28)23-15-7-6-8-16(13-15)26(29)30)20-17(14-18(33-20)22(2,3)4)19(27)24-9-11-34(31,32)12-10-24/h6-8,13-14H,5,9-12H2,1-4H3,(H,23,28). The molecule has 1 saturated heterocycles. The molecule has 0 aliphatic carbocycles. The molecule has 3 amide bonds. The van der Waals surface area contributed by atoms with Crippen molar-refractivity contribution < 1.29 is 22.9 Å². The number of thiophene rings is 1. The number of non-ortho nitro benzene ring substituents is 1. The molecule has 2 heterocycles. The van der Waals surface area contributed by atoms with Crippen LogP contribution in [0.3, 0.4) is 0 Å². The number of nitrogens with one attached hydrogen (secondary N) is 1. The van der Waals surface area contributed by atoms with E-state index >= 15 is 0 Å². The van der Waals surface area contributed by atoms with Crippen molar-refractivity contribution in [2.45, 2.75) is 33.1 Å². The van der Waals surface area contributed by atoms with Crippen molar-refractivity contribution in [2.24, 2.45) is 0 Å². The lowest BCUT2D eigenvalue weighted by molar-refractivity contribution is -0.384. The molecule has 1 aliphatic rings. The van der Waals surface area contributed by atoms with Crippen molar-refractivity contribution in [3.8, 4) is 0 Å². The second kappa shape index (κ2) is 9.71. The van der Waals surface area contributed by atoms with Gasteiger partial charge in [-0.1, -0.05) is 26.8 Å². The van der Waals surface area contributed by atoms with Gasteiger partial charge in [-0.2, -0.15) is 0 Å². The molecule has 0 unspecified atom stereocenters. The first-order chi connectivity index (χ1) is 15.8. The first-order valence-electron chi connectivity index (χ1n) is 10.8. The Bertz CT molecular complexity index is 1200. The Morgan fingerprint density at radius 2 is 1.85 bits per heavy atom. The third-order valence-corrected chi connectivity index (χ3v) is 8.62. The van der Waals surface area contributed by atoms with Crippen molar-refractivity contribution in [2.75, 3.05) is 41.4 Å². The Balaban J connectivity index is 1.94. The number of nitrogens with zero attached hydrogens (tertiary/aromatic N) is 3. The number of amides is 3. The largest absolute Gasteiger partial charge is 0.337 e. The van der Waals surface area contributed by atoms with Gasteiger partial charge in [0.05, 0.1) is 22.0 Å². The summed E-state index contributed by atoms with van der Waals surface area (Å²) in [5.41, 5.74) is 0.173. The van der Waals surface area contributed by atoms with Crippen LogP contribution in [-0.2, 0) is 15.3 Å². The Kier molecular flexibility index (Phi) is 7.32. The van der Waals surface area contributed by atoms with E-state index in [0.717, 1.165) is 4.88 Å². The number of carbonyl (C=O) groups excluding carboxylic acids is 2. The molecule has 2 aromatic rings. The van der Waals surface area contributed by atoms with E-state index in [1.807, 2.05) is 20.8 Å². The molecule has 0 saturated carbocycles. The number of nitro benzene ring substituents is 1. The number of carbonyl (C=O) groups is 2. The van der Waals surface area contributed by atoms with Crippen LogP contribution in [0, 0.1) is 10.1 Å². The molecule has 1 aromatic carbocycles. The highest BCUT2D eigenvalue weighted by molar-refractivity contribution is 7.91. The highest BCUT2D eigenvalue weighted by Gasteiger charge is 2.32. The number of sulfone groups is 1. The molecule has 1 N–H and O–H groups in total. The Morgan fingerprint density at radius 1 is 1.21 bits per heavy atom. The Labute approximate surface area is 202 Å². The molecule has 1 aliphatic heterocycles. The zero-order valence-corrected chi connectivity index (χ0v) is 21.2. The Morgan fingerprint density at radius 3 is 2.41 bits per heavy atom. The van der Waals surface area contributed by atoms with Crippen molar-refractivity contribution in [3.63, 3.8) is 0 Å². The maximum absolute atomic E-state index is 13.4. The second-order valence-corrected chi connectivity index (χ2v) is 12.3. The van der Waals surface area contributed by atoms with Gasteiger partial charge < -0.3 is 10.2 Å². The predicted octanol–water partition coefficient (Wildman–Crippen LogP) is 3.88. The van der Waals surface area contributed by atoms with Gasteiger partial charge >= 0.3 is 6.03 Å². The van der Waals surface area contributed by atoms with Gasteiger partial charge in [-0.3, -0.25) is 19.8 Å². The van der Waals surface area contributed by atoms with Gasteiger partial charge in [-0.25, -0.2) is 13.2 Å². The van der Waals surface area contributed by atoms with Crippen molar-refractivity contribution >= 4 is 49.5 Å². The maximum atomic E-state index is 13.4. The van der Waals surface area contributed by atoms with Crippen LogP contribution in [0.4, 0.5) is 21.2 Å². The molecule has 1 fully saturated rings. The molecule has 10 nitrogen and oxygen atoms in total. The highest BCUT2D eigenvalue weighted by Crippen LogP contribution is 2.39. The Hall–Kier alpha value is -2.99. The van der Waals surface area contributed by atoms with Gasteiger partial charge in [-0.05, 0) is 24.5 Å². The normalized spacial score (nSPS) is 15.6. The summed E-state index contributed by atoms with van der Waals surface area (Å²) < 4.78 is 23.6. The van der Waals surface area contributed by atoms with Gasteiger partial charge in [0, 0.05) is 42.3 Å². The van der Waals surface area contributed by atoms with E-state index in [-0.39, 0.29) is 53.8 Å². The highest BCUT2D eigenvalue weighted by atomic mass is 32.2. The van der Waals surface area contributed by atoms with Crippen LogP contribution in [0.5, 0.6) is 0 Å². The maximum Gasteiger partial charge on any atom is 0.326 e. The van der Waals surface area contributed by atoms with E-state index in [4.69, 9.17) is 0 Å². The number of hydrogen-bond acceptors (Lipinski definition) is 7. The van der Waals surface area contributed by atoms with Crippen LogP contribution in [-0.4, -0.2) is 61.3 Å². The molecule has 1 aromatic heterocycles. The smallest absolute Gasteiger partial charge is 0.326 e. The lowest BCUT2D eigenvalue weighted by Gasteiger charge is -2.28. The van der Waals surface area contributed by atoms with Crippen LogP contribution in [0.1, 0.15) is 42.9 Å². The van der Waals surface area contributed by atoms with Crippen LogP contribution in [0.25, 0.3) is 0 Å². The number of rotatable bonds is 5.